The van der Waals surface area contributed by atoms with Crippen molar-refractivity contribution in [2.24, 2.45) is 17.3 Å². The standard InChI is InChI=1S/C15H28N2O2/c1-4-17(9-13-5-8-19-10-13)14(18)15(12(2)3)6-7-16-11-15/h12-13,16H,4-11H2,1-3H3. The maximum atomic E-state index is 13.0. The molecule has 2 aliphatic rings. The number of rotatable bonds is 5. The largest absolute Gasteiger partial charge is 0.381 e. The van der Waals surface area contributed by atoms with Gasteiger partial charge in [-0.15, -0.1) is 0 Å². The second kappa shape index (κ2) is 6.23. The van der Waals surface area contributed by atoms with Crippen molar-refractivity contribution in [3.8, 4) is 0 Å². The average molecular weight is 268 g/mol. The fourth-order valence-electron chi connectivity index (χ4n) is 3.34. The third kappa shape index (κ3) is 2.95. The van der Waals surface area contributed by atoms with Gasteiger partial charge in [0.2, 0.25) is 5.91 Å². The first-order valence-electron chi connectivity index (χ1n) is 7.68. The monoisotopic (exact) mass is 268 g/mol. The summed E-state index contributed by atoms with van der Waals surface area (Å²) < 4.78 is 5.43. The van der Waals surface area contributed by atoms with Gasteiger partial charge < -0.3 is 15.0 Å². The third-order valence-electron chi connectivity index (χ3n) is 4.89. The van der Waals surface area contributed by atoms with Crippen molar-refractivity contribution < 1.29 is 9.53 Å². The molecule has 0 saturated carbocycles. The molecule has 0 bridgehead atoms. The highest BCUT2D eigenvalue weighted by atomic mass is 16.5. The highest BCUT2D eigenvalue weighted by Gasteiger charge is 2.46. The van der Waals surface area contributed by atoms with E-state index in [-0.39, 0.29) is 5.41 Å². The highest BCUT2D eigenvalue weighted by molar-refractivity contribution is 5.83. The lowest BCUT2D eigenvalue weighted by atomic mass is 9.75. The fourth-order valence-corrected chi connectivity index (χ4v) is 3.34. The summed E-state index contributed by atoms with van der Waals surface area (Å²) in [5, 5.41) is 3.38. The molecule has 0 aromatic rings. The van der Waals surface area contributed by atoms with Gasteiger partial charge in [-0.1, -0.05) is 13.8 Å². The van der Waals surface area contributed by atoms with Crippen LogP contribution in [0.15, 0.2) is 0 Å². The van der Waals surface area contributed by atoms with Gasteiger partial charge in [-0.25, -0.2) is 0 Å². The van der Waals surface area contributed by atoms with E-state index in [1.807, 2.05) is 0 Å². The zero-order valence-electron chi connectivity index (χ0n) is 12.6. The second-order valence-corrected chi connectivity index (χ2v) is 6.31. The molecule has 0 aliphatic carbocycles. The van der Waals surface area contributed by atoms with Crippen molar-refractivity contribution in [1.29, 1.82) is 0 Å². The first kappa shape index (κ1) is 14.8. The molecular weight excluding hydrogens is 240 g/mol. The molecule has 2 saturated heterocycles. The van der Waals surface area contributed by atoms with Crippen molar-refractivity contribution in [2.45, 2.75) is 33.6 Å². The second-order valence-electron chi connectivity index (χ2n) is 6.31. The molecule has 4 heteroatoms. The van der Waals surface area contributed by atoms with Gasteiger partial charge in [-0.2, -0.15) is 0 Å². The van der Waals surface area contributed by atoms with Crippen LogP contribution in [0.25, 0.3) is 0 Å². The average Bonchev–Trinajstić information content (AvgIpc) is 3.06. The first-order chi connectivity index (χ1) is 9.10. The molecule has 2 fully saturated rings. The van der Waals surface area contributed by atoms with Gasteiger partial charge in [-0.3, -0.25) is 4.79 Å². The van der Waals surface area contributed by atoms with E-state index in [0.717, 1.165) is 52.2 Å². The maximum Gasteiger partial charge on any atom is 0.230 e. The van der Waals surface area contributed by atoms with Crippen LogP contribution in [-0.2, 0) is 9.53 Å². The highest BCUT2D eigenvalue weighted by Crippen LogP contribution is 2.36. The predicted molar refractivity (Wildman–Crippen MR) is 75.9 cm³/mol. The summed E-state index contributed by atoms with van der Waals surface area (Å²) in [7, 11) is 0. The van der Waals surface area contributed by atoms with Gasteiger partial charge in [0.25, 0.3) is 0 Å². The van der Waals surface area contributed by atoms with Crippen molar-refractivity contribution in [2.75, 3.05) is 39.4 Å². The summed E-state index contributed by atoms with van der Waals surface area (Å²) in [5.74, 6) is 1.27. The van der Waals surface area contributed by atoms with E-state index in [9.17, 15) is 4.79 Å². The van der Waals surface area contributed by atoms with Crippen LogP contribution < -0.4 is 5.32 Å². The Morgan fingerprint density at radius 1 is 1.53 bits per heavy atom. The topological polar surface area (TPSA) is 41.6 Å². The van der Waals surface area contributed by atoms with E-state index in [2.05, 4.69) is 31.0 Å². The van der Waals surface area contributed by atoms with Crippen LogP contribution >= 0.6 is 0 Å². The van der Waals surface area contributed by atoms with E-state index in [4.69, 9.17) is 4.74 Å². The summed E-state index contributed by atoms with van der Waals surface area (Å²) in [4.78, 5) is 15.0. The number of carbonyl (C=O) groups excluding carboxylic acids is 1. The van der Waals surface area contributed by atoms with E-state index in [0.29, 0.717) is 17.7 Å². The van der Waals surface area contributed by atoms with E-state index in [1.165, 1.54) is 0 Å². The first-order valence-corrected chi connectivity index (χ1v) is 7.68. The lowest BCUT2D eigenvalue weighted by molar-refractivity contribution is -0.144. The van der Waals surface area contributed by atoms with Gasteiger partial charge in [-0.05, 0) is 32.2 Å². The zero-order valence-corrected chi connectivity index (χ0v) is 12.6. The Morgan fingerprint density at radius 3 is 2.79 bits per heavy atom. The zero-order chi connectivity index (χ0) is 13.9. The third-order valence-corrected chi connectivity index (χ3v) is 4.89. The van der Waals surface area contributed by atoms with Crippen molar-refractivity contribution in [3.63, 3.8) is 0 Å². The fraction of sp³-hybridized carbons (Fsp3) is 0.933. The molecule has 0 radical (unpaired) electrons. The minimum absolute atomic E-state index is 0.185. The Kier molecular flexibility index (Phi) is 4.85. The molecular formula is C15H28N2O2. The summed E-state index contributed by atoms with van der Waals surface area (Å²) in [6.45, 7) is 11.6. The van der Waals surface area contributed by atoms with Crippen LogP contribution in [0, 0.1) is 17.3 Å². The van der Waals surface area contributed by atoms with Crippen LogP contribution in [0.5, 0.6) is 0 Å². The molecule has 110 valence electrons. The number of nitrogens with one attached hydrogen (secondary N) is 1. The van der Waals surface area contributed by atoms with Gasteiger partial charge in [0.1, 0.15) is 0 Å². The molecule has 2 atom stereocenters. The molecule has 1 N–H and O–H groups in total. The van der Waals surface area contributed by atoms with E-state index >= 15 is 0 Å². The molecule has 0 spiro atoms. The number of hydrogen-bond donors (Lipinski definition) is 1. The Bertz CT molecular complexity index is 305. The molecule has 2 aliphatic heterocycles. The van der Waals surface area contributed by atoms with Crippen molar-refractivity contribution in [3.05, 3.63) is 0 Å². The van der Waals surface area contributed by atoms with Gasteiger partial charge in [0.05, 0.1) is 12.0 Å². The lowest BCUT2D eigenvalue weighted by Gasteiger charge is -2.37. The SMILES string of the molecule is CCN(CC1CCOC1)C(=O)C1(C(C)C)CCNC1. The number of ether oxygens (including phenoxy) is 1. The molecule has 4 nitrogen and oxygen atoms in total. The van der Waals surface area contributed by atoms with Gasteiger partial charge in [0.15, 0.2) is 0 Å². The van der Waals surface area contributed by atoms with Crippen LogP contribution in [0.3, 0.4) is 0 Å². The van der Waals surface area contributed by atoms with Crippen molar-refractivity contribution >= 4 is 5.91 Å². The number of carbonyl (C=O) groups is 1. The van der Waals surface area contributed by atoms with Crippen LogP contribution in [-0.4, -0.2) is 50.2 Å². The Hall–Kier alpha value is -0.610. The number of hydrogen-bond acceptors (Lipinski definition) is 3. The Morgan fingerprint density at radius 2 is 2.32 bits per heavy atom. The molecule has 0 aromatic carbocycles. The van der Waals surface area contributed by atoms with Crippen LogP contribution in [0.1, 0.15) is 33.6 Å². The lowest BCUT2D eigenvalue weighted by Crippen LogP contribution is -2.49. The summed E-state index contributed by atoms with van der Waals surface area (Å²) in [6.07, 6.45) is 2.07. The van der Waals surface area contributed by atoms with Crippen LogP contribution in [0.4, 0.5) is 0 Å². The smallest absolute Gasteiger partial charge is 0.230 e. The summed E-state index contributed by atoms with van der Waals surface area (Å²) >= 11 is 0. The summed E-state index contributed by atoms with van der Waals surface area (Å²) in [5.41, 5.74) is -0.185. The predicted octanol–water partition coefficient (Wildman–Crippen LogP) is 1.51. The molecule has 2 rings (SSSR count). The Balaban J connectivity index is 2.05. The molecule has 1 amide bonds. The number of amides is 1. The molecule has 0 aromatic heterocycles. The van der Waals surface area contributed by atoms with Crippen molar-refractivity contribution in [1.82, 2.24) is 10.2 Å². The normalized spacial score (nSPS) is 31.1. The summed E-state index contributed by atoms with van der Waals surface area (Å²) in [6, 6.07) is 0. The maximum absolute atomic E-state index is 13.0. The quantitative estimate of drug-likeness (QED) is 0.822. The van der Waals surface area contributed by atoms with E-state index < -0.39 is 0 Å². The van der Waals surface area contributed by atoms with E-state index in [1.54, 1.807) is 0 Å². The minimum atomic E-state index is -0.185. The number of nitrogens with zero attached hydrogens (tertiary/aromatic N) is 1. The van der Waals surface area contributed by atoms with Gasteiger partial charge in [0, 0.05) is 32.2 Å². The van der Waals surface area contributed by atoms with Crippen LogP contribution in [0.2, 0.25) is 0 Å². The molecule has 19 heavy (non-hydrogen) atoms. The minimum Gasteiger partial charge on any atom is -0.381 e. The Labute approximate surface area is 116 Å². The van der Waals surface area contributed by atoms with Gasteiger partial charge >= 0.3 is 0 Å². The molecule has 2 unspecified atom stereocenters. The molecule has 2 heterocycles.